The van der Waals surface area contributed by atoms with Gasteiger partial charge in [-0.25, -0.2) is 0 Å². The molecule has 31 heavy (non-hydrogen) atoms. The lowest BCUT2D eigenvalue weighted by molar-refractivity contribution is -0.881. The number of rotatable bonds is 8. The zero-order chi connectivity index (χ0) is 23.0. The number of quaternary nitrogens is 1. The predicted octanol–water partition coefficient (Wildman–Crippen LogP) is 2.42. The summed E-state index contributed by atoms with van der Waals surface area (Å²) in [5.41, 5.74) is 3.31. The van der Waals surface area contributed by atoms with Crippen LogP contribution in [0.5, 0.6) is 0 Å². The summed E-state index contributed by atoms with van der Waals surface area (Å²) in [5.74, 6) is -0.457. The van der Waals surface area contributed by atoms with Crippen LogP contribution in [0, 0.1) is 0 Å². The number of nitrogens with one attached hydrogen (secondary N) is 4. The van der Waals surface area contributed by atoms with Crippen molar-refractivity contribution in [1.29, 1.82) is 0 Å². The highest BCUT2D eigenvalue weighted by molar-refractivity contribution is 5.93. The van der Waals surface area contributed by atoms with E-state index >= 15 is 0 Å². The van der Waals surface area contributed by atoms with Crippen molar-refractivity contribution in [3.63, 3.8) is 0 Å². The Morgan fingerprint density at radius 2 is 1.13 bits per heavy atom. The van der Waals surface area contributed by atoms with E-state index in [-0.39, 0.29) is 36.2 Å². The molecule has 7 nitrogen and oxygen atoms in total. The summed E-state index contributed by atoms with van der Waals surface area (Å²) in [6, 6.07) is 14.7. The number of hydrogen-bond donors (Lipinski definition) is 4. The van der Waals surface area contributed by atoms with E-state index in [1.54, 1.807) is 24.3 Å². The summed E-state index contributed by atoms with van der Waals surface area (Å²) >= 11 is 0. The van der Waals surface area contributed by atoms with E-state index in [0.29, 0.717) is 17.9 Å². The van der Waals surface area contributed by atoms with Crippen molar-refractivity contribution >= 4 is 34.8 Å². The number of benzene rings is 2. The van der Waals surface area contributed by atoms with Crippen LogP contribution < -0.4 is 20.9 Å². The fourth-order valence-electron chi connectivity index (χ4n) is 3.07. The lowest BCUT2D eigenvalue weighted by Gasteiger charge is -2.19. The fraction of sp³-hybridized carbons (Fsp3) is 0.375. The molecule has 0 aliphatic heterocycles. The van der Waals surface area contributed by atoms with Gasteiger partial charge in [-0.3, -0.25) is 14.4 Å². The SMILES string of the molecule is CC[NH+](CC(=O)Nc1ccc(NC(C)=O)cc1)CC(=O)Nc1ccc(C(C)(C)C)cc1. The van der Waals surface area contributed by atoms with Gasteiger partial charge in [-0.2, -0.15) is 0 Å². The molecule has 2 aromatic rings. The lowest BCUT2D eigenvalue weighted by Crippen LogP contribution is -3.13. The van der Waals surface area contributed by atoms with Gasteiger partial charge in [-0.15, -0.1) is 0 Å². The minimum absolute atomic E-state index is 0.0588. The molecule has 0 saturated carbocycles. The van der Waals surface area contributed by atoms with Crippen LogP contribution in [0.1, 0.15) is 40.2 Å². The number of carbonyl (C=O) groups excluding carboxylic acids is 3. The quantitative estimate of drug-likeness (QED) is 0.523. The smallest absolute Gasteiger partial charge is 0.279 e. The number of anilines is 3. The molecular formula is C24H33N4O3+. The van der Waals surface area contributed by atoms with Crippen molar-refractivity contribution in [2.75, 3.05) is 35.6 Å². The van der Waals surface area contributed by atoms with Crippen LogP contribution in [0.2, 0.25) is 0 Å². The first-order valence-corrected chi connectivity index (χ1v) is 10.5. The summed E-state index contributed by atoms with van der Waals surface area (Å²) in [7, 11) is 0. The van der Waals surface area contributed by atoms with Crippen molar-refractivity contribution in [2.45, 2.75) is 40.0 Å². The minimum Gasteiger partial charge on any atom is -0.326 e. The summed E-state index contributed by atoms with van der Waals surface area (Å²) < 4.78 is 0. The third kappa shape index (κ3) is 8.22. The van der Waals surface area contributed by atoms with Gasteiger partial charge in [0.15, 0.2) is 13.1 Å². The van der Waals surface area contributed by atoms with Crippen LogP contribution in [0.4, 0.5) is 17.1 Å². The Bertz CT molecular complexity index is 900. The molecule has 0 fully saturated rings. The lowest BCUT2D eigenvalue weighted by atomic mass is 9.87. The molecule has 4 N–H and O–H groups in total. The number of amides is 3. The van der Waals surface area contributed by atoms with Crippen LogP contribution in [0.3, 0.4) is 0 Å². The maximum absolute atomic E-state index is 12.4. The average molecular weight is 426 g/mol. The molecule has 7 heteroatoms. The zero-order valence-corrected chi connectivity index (χ0v) is 19.0. The van der Waals surface area contributed by atoms with Crippen molar-refractivity contribution in [3.8, 4) is 0 Å². The molecule has 166 valence electrons. The van der Waals surface area contributed by atoms with Crippen LogP contribution in [-0.2, 0) is 19.8 Å². The molecule has 2 aromatic carbocycles. The van der Waals surface area contributed by atoms with E-state index in [1.807, 2.05) is 31.2 Å². The van der Waals surface area contributed by atoms with Crippen LogP contribution in [0.15, 0.2) is 48.5 Å². The highest BCUT2D eigenvalue weighted by Crippen LogP contribution is 2.23. The minimum atomic E-state index is -0.175. The average Bonchev–Trinajstić information content (AvgIpc) is 2.68. The highest BCUT2D eigenvalue weighted by Gasteiger charge is 2.18. The second-order valence-corrected chi connectivity index (χ2v) is 8.64. The molecular weight excluding hydrogens is 392 g/mol. The van der Waals surface area contributed by atoms with Gasteiger partial charge in [0.05, 0.1) is 6.54 Å². The summed E-state index contributed by atoms with van der Waals surface area (Å²) in [4.78, 5) is 36.7. The number of carbonyl (C=O) groups is 3. The molecule has 0 aromatic heterocycles. The van der Waals surface area contributed by atoms with Crippen molar-refractivity contribution in [3.05, 3.63) is 54.1 Å². The van der Waals surface area contributed by atoms with E-state index in [2.05, 4.69) is 36.7 Å². The summed E-state index contributed by atoms with van der Waals surface area (Å²) in [6.45, 7) is 10.8. The molecule has 0 heterocycles. The molecule has 0 bridgehead atoms. The van der Waals surface area contributed by atoms with E-state index in [0.717, 1.165) is 10.6 Å². The third-order valence-corrected chi connectivity index (χ3v) is 4.84. The molecule has 0 aliphatic carbocycles. The first kappa shape index (κ1) is 24.1. The van der Waals surface area contributed by atoms with Crippen LogP contribution in [-0.4, -0.2) is 37.4 Å². The largest absolute Gasteiger partial charge is 0.326 e. The van der Waals surface area contributed by atoms with E-state index in [9.17, 15) is 14.4 Å². The van der Waals surface area contributed by atoms with Gasteiger partial charge >= 0.3 is 0 Å². The highest BCUT2D eigenvalue weighted by atomic mass is 16.2. The monoisotopic (exact) mass is 425 g/mol. The van der Waals surface area contributed by atoms with Gasteiger partial charge in [0.1, 0.15) is 0 Å². The molecule has 0 spiro atoms. The topological polar surface area (TPSA) is 91.7 Å². The van der Waals surface area contributed by atoms with Crippen LogP contribution in [0.25, 0.3) is 0 Å². The molecule has 3 amide bonds. The first-order chi connectivity index (χ1) is 14.6. The standard InChI is InChI=1S/C24H32N4O3/c1-6-28(15-22(30)26-20-9-7-18(8-10-20)24(3,4)5)16-23(31)27-21-13-11-19(12-14-21)25-17(2)29/h7-14H,6,15-16H2,1-5H3,(H,25,29)(H,26,30)(H,27,31)/p+1. The second-order valence-electron chi connectivity index (χ2n) is 8.64. The Morgan fingerprint density at radius 1 is 0.742 bits per heavy atom. The summed E-state index contributed by atoms with van der Waals surface area (Å²) in [6.07, 6.45) is 0. The third-order valence-electron chi connectivity index (χ3n) is 4.84. The Labute approximate surface area is 184 Å². The van der Waals surface area contributed by atoms with Gasteiger partial charge in [-0.1, -0.05) is 32.9 Å². The molecule has 0 radical (unpaired) electrons. The van der Waals surface area contributed by atoms with Gasteiger partial charge in [0.2, 0.25) is 5.91 Å². The normalized spacial score (nSPS) is 12.0. The molecule has 0 saturated heterocycles. The number of likely N-dealkylation sites (N-methyl/N-ethyl adjacent to an activating group) is 1. The zero-order valence-electron chi connectivity index (χ0n) is 19.0. The Morgan fingerprint density at radius 3 is 1.48 bits per heavy atom. The number of hydrogen-bond acceptors (Lipinski definition) is 3. The van der Waals surface area contributed by atoms with Crippen molar-refractivity contribution < 1.29 is 19.3 Å². The van der Waals surface area contributed by atoms with E-state index in [4.69, 9.17) is 0 Å². The molecule has 1 atom stereocenters. The first-order valence-electron chi connectivity index (χ1n) is 10.5. The van der Waals surface area contributed by atoms with Crippen molar-refractivity contribution in [1.82, 2.24) is 0 Å². The molecule has 0 aliphatic rings. The van der Waals surface area contributed by atoms with Crippen molar-refractivity contribution in [2.24, 2.45) is 0 Å². The van der Waals surface area contributed by atoms with Gasteiger partial charge in [-0.05, 0) is 54.3 Å². The Balaban J connectivity index is 1.85. The van der Waals surface area contributed by atoms with Gasteiger partial charge < -0.3 is 20.9 Å². The Kier molecular flexibility index (Phi) is 8.33. The Hall–Kier alpha value is -3.19. The maximum Gasteiger partial charge on any atom is 0.279 e. The van der Waals surface area contributed by atoms with E-state index < -0.39 is 0 Å². The fourth-order valence-corrected chi connectivity index (χ4v) is 3.07. The molecule has 2 rings (SSSR count). The predicted molar refractivity (Wildman–Crippen MR) is 124 cm³/mol. The second kappa shape index (κ2) is 10.7. The summed E-state index contributed by atoms with van der Waals surface area (Å²) in [5, 5.41) is 8.41. The van der Waals surface area contributed by atoms with Gasteiger partial charge in [0, 0.05) is 24.0 Å². The van der Waals surface area contributed by atoms with Gasteiger partial charge in [0.25, 0.3) is 11.8 Å². The maximum atomic E-state index is 12.4. The van der Waals surface area contributed by atoms with Crippen LogP contribution >= 0.6 is 0 Å². The molecule has 1 unspecified atom stereocenters. The van der Waals surface area contributed by atoms with E-state index in [1.165, 1.54) is 12.5 Å².